The van der Waals surface area contributed by atoms with Gasteiger partial charge in [-0.15, -0.1) is 0 Å². The quantitative estimate of drug-likeness (QED) is 0.719. The number of hydrogen-bond acceptors (Lipinski definition) is 4. The Labute approximate surface area is 91.1 Å². The predicted octanol–water partition coefficient (Wildman–Crippen LogP) is 1.12. The molecule has 0 aliphatic heterocycles. The Morgan fingerprint density at radius 1 is 1.25 bits per heavy atom. The number of benzene rings is 1. The van der Waals surface area contributed by atoms with Crippen LogP contribution in [0.2, 0.25) is 0 Å². The molecule has 0 unspecified atom stereocenters. The molecule has 0 amide bonds. The SMILES string of the molecule is O=Cc1ccc(-c2cccc(C(=O)[O-])c2)o1. The Hall–Kier alpha value is -2.36. The Morgan fingerprint density at radius 2 is 2.06 bits per heavy atom. The molecule has 1 aromatic heterocycles. The number of hydrogen-bond donors (Lipinski definition) is 0. The molecular formula is C12H7O4-. The zero-order valence-corrected chi connectivity index (χ0v) is 8.17. The summed E-state index contributed by atoms with van der Waals surface area (Å²) in [5.74, 6) is -0.594. The van der Waals surface area contributed by atoms with Gasteiger partial charge in [0.2, 0.25) is 0 Å². The molecule has 16 heavy (non-hydrogen) atoms. The molecule has 1 aromatic carbocycles. The monoisotopic (exact) mass is 215 g/mol. The van der Waals surface area contributed by atoms with Crippen LogP contribution in [0.25, 0.3) is 11.3 Å². The second kappa shape index (κ2) is 4.02. The van der Waals surface area contributed by atoms with Crippen LogP contribution in [0, 0.1) is 0 Å². The van der Waals surface area contributed by atoms with Crippen molar-refractivity contribution in [2.75, 3.05) is 0 Å². The molecule has 1 heterocycles. The largest absolute Gasteiger partial charge is 0.545 e. The lowest BCUT2D eigenvalue weighted by atomic mass is 10.1. The summed E-state index contributed by atoms with van der Waals surface area (Å²) in [5, 5.41) is 10.6. The van der Waals surface area contributed by atoms with Gasteiger partial charge in [-0.2, -0.15) is 0 Å². The van der Waals surface area contributed by atoms with E-state index in [0.717, 1.165) is 0 Å². The highest BCUT2D eigenvalue weighted by atomic mass is 16.4. The van der Waals surface area contributed by atoms with Gasteiger partial charge in [0.1, 0.15) is 5.76 Å². The van der Waals surface area contributed by atoms with Crippen LogP contribution in [0.5, 0.6) is 0 Å². The molecule has 0 aliphatic carbocycles. The number of carbonyl (C=O) groups excluding carboxylic acids is 2. The van der Waals surface area contributed by atoms with Crippen molar-refractivity contribution in [1.29, 1.82) is 0 Å². The Bertz CT molecular complexity index is 539. The van der Waals surface area contributed by atoms with Crippen LogP contribution in [0.3, 0.4) is 0 Å². The fourth-order valence-corrected chi connectivity index (χ4v) is 1.37. The lowest BCUT2D eigenvalue weighted by Crippen LogP contribution is -2.22. The molecular weight excluding hydrogens is 208 g/mol. The van der Waals surface area contributed by atoms with Crippen LogP contribution in [-0.2, 0) is 0 Å². The maximum absolute atomic E-state index is 10.6. The normalized spacial score (nSPS) is 10.0. The van der Waals surface area contributed by atoms with Crippen LogP contribution in [0.1, 0.15) is 20.9 Å². The van der Waals surface area contributed by atoms with Crippen LogP contribution < -0.4 is 5.11 Å². The van der Waals surface area contributed by atoms with E-state index in [9.17, 15) is 14.7 Å². The predicted molar refractivity (Wildman–Crippen MR) is 53.9 cm³/mol. The summed E-state index contributed by atoms with van der Waals surface area (Å²) in [6, 6.07) is 9.28. The molecule has 0 saturated carbocycles. The third-order valence-corrected chi connectivity index (χ3v) is 2.13. The van der Waals surface area contributed by atoms with Gasteiger partial charge in [0, 0.05) is 5.56 Å². The molecule has 4 nitrogen and oxygen atoms in total. The fourth-order valence-electron chi connectivity index (χ4n) is 1.37. The van der Waals surface area contributed by atoms with Gasteiger partial charge in [-0.05, 0) is 23.8 Å². The van der Waals surface area contributed by atoms with E-state index in [1.807, 2.05) is 0 Å². The second-order valence-corrected chi connectivity index (χ2v) is 3.19. The van der Waals surface area contributed by atoms with Crippen LogP contribution >= 0.6 is 0 Å². The van der Waals surface area contributed by atoms with E-state index in [4.69, 9.17) is 4.42 Å². The maximum atomic E-state index is 10.6. The summed E-state index contributed by atoms with van der Waals surface area (Å²) >= 11 is 0. The second-order valence-electron chi connectivity index (χ2n) is 3.19. The van der Waals surface area contributed by atoms with E-state index in [-0.39, 0.29) is 11.3 Å². The number of aromatic carboxylic acids is 1. The van der Waals surface area contributed by atoms with E-state index < -0.39 is 5.97 Å². The fraction of sp³-hybridized carbons (Fsp3) is 0. The highest BCUT2D eigenvalue weighted by Gasteiger charge is 2.04. The Balaban J connectivity index is 2.43. The zero-order chi connectivity index (χ0) is 11.5. The average molecular weight is 215 g/mol. The van der Waals surface area contributed by atoms with Crippen LogP contribution in [-0.4, -0.2) is 12.3 Å². The summed E-state index contributed by atoms with van der Waals surface area (Å²) in [7, 11) is 0. The molecule has 2 rings (SSSR count). The van der Waals surface area contributed by atoms with Gasteiger partial charge in [0.25, 0.3) is 0 Å². The smallest absolute Gasteiger partial charge is 0.185 e. The van der Waals surface area contributed by atoms with Crippen molar-refractivity contribution in [3.63, 3.8) is 0 Å². The molecule has 0 bridgehead atoms. The molecule has 2 aromatic rings. The Kier molecular flexibility index (Phi) is 2.55. The summed E-state index contributed by atoms with van der Waals surface area (Å²) in [6.07, 6.45) is 0.589. The minimum absolute atomic E-state index is 0.0709. The summed E-state index contributed by atoms with van der Waals surface area (Å²) in [6.45, 7) is 0. The van der Waals surface area contributed by atoms with Crippen molar-refractivity contribution >= 4 is 12.3 Å². The third-order valence-electron chi connectivity index (χ3n) is 2.13. The minimum Gasteiger partial charge on any atom is -0.545 e. The zero-order valence-electron chi connectivity index (χ0n) is 8.17. The van der Waals surface area contributed by atoms with E-state index in [1.54, 1.807) is 18.2 Å². The average Bonchev–Trinajstić information content (AvgIpc) is 2.77. The number of aldehydes is 1. The van der Waals surface area contributed by atoms with E-state index in [2.05, 4.69) is 0 Å². The molecule has 0 spiro atoms. The molecule has 0 saturated heterocycles. The van der Waals surface area contributed by atoms with Crippen molar-refractivity contribution < 1.29 is 19.1 Å². The Morgan fingerprint density at radius 3 is 2.69 bits per heavy atom. The van der Waals surface area contributed by atoms with Crippen LogP contribution in [0.4, 0.5) is 0 Å². The molecule has 80 valence electrons. The lowest BCUT2D eigenvalue weighted by molar-refractivity contribution is -0.255. The summed E-state index contributed by atoms with van der Waals surface area (Å²) < 4.78 is 5.17. The van der Waals surface area contributed by atoms with Gasteiger partial charge in [-0.25, -0.2) is 0 Å². The van der Waals surface area contributed by atoms with Crippen molar-refractivity contribution in [3.8, 4) is 11.3 Å². The van der Waals surface area contributed by atoms with E-state index >= 15 is 0 Å². The van der Waals surface area contributed by atoms with Gasteiger partial charge in [0.05, 0.1) is 5.97 Å². The molecule has 0 aliphatic rings. The van der Waals surface area contributed by atoms with Gasteiger partial charge in [0.15, 0.2) is 12.0 Å². The molecule has 0 radical (unpaired) electrons. The summed E-state index contributed by atoms with van der Waals surface area (Å²) in [5.41, 5.74) is 0.663. The first kappa shape index (κ1) is 10.2. The maximum Gasteiger partial charge on any atom is 0.185 e. The van der Waals surface area contributed by atoms with E-state index in [1.165, 1.54) is 18.2 Å². The van der Waals surface area contributed by atoms with Gasteiger partial charge >= 0.3 is 0 Å². The minimum atomic E-state index is -1.25. The van der Waals surface area contributed by atoms with Crippen molar-refractivity contribution in [2.45, 2.75) is 0 Å². The first-order valence-corrected chi connectivity index (χ1v) is 4.57. The standard InChI is InChI=1S/C12H8O4/c13-7-10-4-5-11(16-10)8-2-1-3-9(6-8)12(14)15/h1-7H,(H,14,15)/p-1. The number of carboxylic acid groups (broad SMARTS) is 1. The third kappa shape index (κ3) is 1.86. The summed E-state index contributed by atoms with van der Waals surface area (Å²) in [4.78, 5) is 21.1. The van der Waals surface area contributed by atoms with Gasteiger partial charge in [-0.3, -0.25) is 4.79 Å². The number of carboxylic acids is 1. The first-order chi connectivity index (χ1) is 7.70. The van der Waals surface area contributed by atoms with Crippen LogP contribution in [0.15, 0.2) is 40.8 Å². The number of furan rings is 1. The highest BCUT2D eigenvalue weighted by molar-refractivity contribution is 5.87. The molecule has 0 fully saturated rings. The number of carbonyl (C=O) groups is 2. The highest BCUT2D eigenvalue weighted by Crippen LogP contribution is 2.22. The van der Waals surface area contributed by atoms with Gasteiger partial charge in [-0.1, -0.05) is 18.2 Å². The number of rotatable bonds is 3. The molecule has 0 N–H and O–H groups in total. The van der Waals surface area contributed by atoms with Crippen molar-refractivity contribution in [1.82, 2.24) is 0 Å². The van der Waals surface area contributed by atoms with Gasteiger partial charge < -0.3 is 14.3 Å². The topological polar surface area (TPSA) is 70.3 Å². The van der Waals surface area contributed by atoms with E-state index in [0.29, 0.717) is 17.6 Å². The lowest BCUT2D eigenvalue weighted by Gasteiger charge is -2.03. The molecule has 0 atom stereocenters. The molecule has 4 heteroatoms. The van der Waals surface area contributed by atoms with Crippen molar-refractivity contribution in [2.24, 2.45) is 0 Å². The van der Waals surface area contributed by atoms with Crippen molar-refractivity contribution in [3.05, 3.63) is 47.7 Å². The first-order valence-electron chi connectivity index (χ1n) is 4.57.